The molecule has 1 rings (SSSR count). The van der Waals surface area contributed by atoms with Crippen molar-refractivity contribution in [2.45, 2.75) is 19.4 Å². The van der Waals surface area contributed by atoms with Crippen LogP contribution in [0.25, 0.3) is 0 Å². The van der Waals surface area contributed by atoms with Crippen molar-refractivity contribution in [3.63, 3.8) is 0 Å². The van der Waals surface area contributed by atoms with E-state index in [2.05, 4.69) is 15.9 Å². The zero-order valence-corrected chi connectivity index (χ0v) is 10.2. The fourth-order valence-corrected chi connectivity index (χ4v) is 1.91. The van der Waals surface area contributed by atoms with Crippen LogP contribution in [0, 0.1) is 0 Å². The zero-order chi connectivity index (χ0) is 11.5. The van der Waals surface area contributed by atoms with E-state index >= 15 is 0 Å². The van der Waals surface area contributed by atoms with Crippen molar-refractivity contribution in [3.05, 3.63) is 34.3 Å². The van der Waals surface area contributed by atoms with E-state index in [1.807, 2.05) is 6.07 Å². The highest BCUT2D eigenvalue weighted by atomic mass is 79.9. The SMILES string of the molecule is CCOC(=O)C(C)(O)c1ccccc1Br. The number of hydrogen-bond acceptors (Lipinski definition) is 3. The van der Waals surface area contributed by atoms with Gasteiger partial charge in [-0.2, -0.15) is 0 Å². The molecule has 4 heteroatoms. The van der Waals surface area contributed by atoms with Crippen molar-refractivity contribution in [1.82, 2.24) is 0 Å². The summed E-state index contributed by atoms with van der Waals surface area (Å²) in [5.41, 5.74) is -1.11. The number of halogens is 1. The minimum atomic E-state index is -1.61. The maximum absolute atomic E-state index is 11.5. The Bertz CT molecular complexity index is 361. The number of benzene rings is 1. The molecule has 15 heavy (non-hydrogen) atoms. The molecule has 0 aromatic heterocycles. The first kappa shape index (κ1) is 12.2. The van der Waals surface area contributed by atoms with Crippen LogP contribution in [-0.4, -0.2) is 17.7 Å². The Kier molecular flexibility index (Phi) is 3.88. The molecule has 82 valence electrons. The molecule has 1 aromatic rings. The summed E-state index contributed by atoms with van der Waals surface area (Å²) in [5, 5.41) is 10.1. The summed E-state index contributed by atoms with van der Waals surface area (Å²) in [6.07, 6.45) is 0. The van der Waals surface area contributed by atoms with Crippen LogP contribution >= 0.6 is 15.9 Å². The van der Waals surface area contributed by atoms with Gasteiger partial charge in [-0.15, -0.1) is 0 Å². The molecule has 1 unspecified atom stereocenters. The van der Waals surface area contributed by atoms with Crippen LogP contribution in [0.2, 0.25) is 0 Å². The Labute approximate surface area is 97.2 Å². The molecular weight excluding hydrogens is 260 g/mol. The summed E-state index contributed by atoms with van der Waals surface area (Å²) in [4.78, 5) is 11.5. The molecule has 0 aliphatic rings. The zero-order valence-electron chi connectivity index (χ0n) is 8.66. The summed E-state index contributed by atoms with van der Waals surface area (Å²) < 4.78 is 5.49. The van der Waals surface area contributed by atoms with E-state index in [-0.39, 0.29) is 6.61 Å². The lowest BCUT2D eigenvalue weighted by atomic mass is 9.96. The molecule has 1 atom stereocenters. The van der Waals surface area contributed by atoms with E-state index < -0.39 is 11.6 Å². The van der Waals surface area contributed by atoms with Crippen molar-refractivity contribution in [3.8, 4) is 0 Å². The molecule has 1 aromatic carbocycles. The topological polar surface area (TPSA) is 46.5 Å². The monoisotopic (exact) mass is 272 g/mol. The molecule has 0 saturated heterocycles. The third-order valence-electron chi connectivity index (χ3n) is 2.07. The number of carbonyl (C=O) groups excluding carboxylic acids is 1. The fraction of sp³-hybridized carbons (Fsp3) is 0.364. The normalized spacial score (nSPS) is 14.4. The number of aliphatic hydroxyl groups is 1. The van der Waals surface area contributed by atoms with Gasteiger partial charge >= 0.3 is 5.97 Å². The molecule has 1 N–H and O–H groups in total. The lowest BCUT2D eigenvalue weighted by Gasteiger charge is -2.22. The van der Waals surface area contributed by atoms with Crippen LogP contribution < -0.4 is 0 Å². The fourth-order valence-electron chi connectivity index (χ4n) is 1.24. The molecule has 0 aliphatic carbocycles. The lowest BCUT2D eigenvalue weighted by molar-refractivity contribution is -0.164. The average Bonchev–Trinajstić information content (AvgIpc) is 2.18. The van der Waals surface area contributed by atoms with Crippen LogP contribution in [0.5, 0.6) is 0 Å². The van der Waals surface area contributed by atoms with Gasteiger partial charge in [-0.25, -0.2) is 4.79 Å². The Morgan fingerprint density at radius 3 is 2.67 bits per heavy atom. The molecule has 0 heterocycles. The van der Waals surface area contributed by atoms with E-state index in [1.54, 1.807) is 25.1 Å². The first-order chi connectivity index (χ1) is 7.00. The van der Waals surface area contributed by atoms with E-state index in [1.165, 1.54) is 6.92 Å². The van der Waals surface area contributed by atoms with Crippen molar-refractivity contribution in [2.75, 3.05) is 6.61 Å². The third-order valence-corrected chi connectivity index (χ3v) is 2.76. The average molecular weight is 273 g/mol. The highest BCUT2D eigenvalue weighted by molar-refractivity contribution is 9.10. The Hall–Kier alpha value is -0.870. The standard InChI is InChI=1S/C11H13BrO3/c1-3-15-10(13)11(2,14)8-6-4-5-7-9(8)12/h4-7,14H,3H2,1-2H3. The molecule has 0 fully saturated rings. The number of hydrogen-bond donors (Lipinski definition) is 1. The maximum atomic E-state index is 11.5. The van der Waals surface area contributed by atoms with Gasteiger partial charge in [0.1, 0.15) is 0 Å². The van der Waals surface area contributed by atoms with E-state index in [0.29, 0.717) is 10.0 Å². The van der Waals surface area contributed by atoms with Crippen molar-refractivity contribution >= 4 is 21.9 Å². The predicted molar refractivity (Wildman–Crippen MR) is 60.3 cm³/mol. The highest BCUT2D eigenvalue weighted by Gasteiger charge is 2.35. The minimum Gasteiger partial charge on any atom is -0.464 e. The quantitative estimate of drug-likeness (QED) is 0.859. The molecule has 3 nitrogen and oxygen atoms in total. The van der Waals surface area contributed by atoms with Crippen LogP contribution in [0.3, 0.4) is 0 Å². The van der Waals surface area contributed by atoms with Crippen LogP contribution in [-0.2, 0) is 15.1 Å². The summed E-state index contributed by atoms with van der Waals surface area (Å²) in [7, 11) is 0. The van der Waals surface area contributed by atoms with Gasteiger partial charge in [-0.05, 0) is 19.9 Å². The lowest BCUT2D eigenvalue weighted by Crippen LogP contribution is -2.34. The molecule has 0 saturated carbocycles. The summed E-state index contributed by atoms with van der Waals surface area (Å²) in [6.45, 7) is 3.37. The molecule has 0 radical (unpaired) electrons. The van der Waals surface area contributed by atoms with Gasteiger partial charge in [0.25, 0.3) is 0 Å². The van der Waals surface area contributed by atoms with Gasteiger partial charge in [-0.1, -0.05) is 34.1 Å². The smallest absolute Gasteiger partial charge is 0.342 e. The minimum absolute atomic E-state index is 0.249. The predicted octanol–water partition coefficient (Wildman–Crippen LogP) is 2.22. The summed E-state index contributed by atoms with van der Waals surface area (Å²) >= 11 is 3.28. The maximum Gasteiger partial charge on any atom is 0.342 e. The second-order valence-electron chi connectivity index (χ2n) is 3.27. The Morgan fingerprint density at radius 1 is 1.53 bits per heavy atom. The van der Waals surface area contributed by atoms with Crippen LogP contribution in [0.4, 0.5) is 0 Å². The largest absolute Gasteiger partial charge is 0.464 e. The van der Waals surface area contributed by atoms with E-state index in [0.717, 1.165) is 0 Å². The van der Waals surface area contributed by atoms with Gasteiger partial charge < -0.3 is 9.84 Å². The van der Waals surface area contributed by atoms with Crippen LogP contribution in [0.15, 0.2) is 28.7 Å². The van der Waals surface area contributed by atoms with E-state index in [9.17, 15) is 9.90 Å². The Morgan fingerprint density at radius 2 is 2.13 bits per heavy atom. The first-order valence-electron chi connectivity index (χ1n) is 4.64. The molecule has 0 bridgehead atoms. The Balaban J connectivity index is 3.05. The molecule has 0 aliphatic heterocycles. The van der Waals surface area contributed by atoms with Crippen molar-refractivity contribution in [2.24, 2.45) is 0 Å². The number of rotatable bonds is 3. The van der Waals surface area contributed by atoms with Gasteiger partial charge in [0, 0.05) is 10.0 Å². The number of carbonyl (C=O) groups is 1. The van der Waals surface area contributed by atoms with Gasteiger partial charge in [0.15, 0.2) is 5.60 Å². The van der Waals surface area contributed by atoms with Gasteiger partial charge in [0.05, 0.1) is 6.61 Å². The number of ether oxygens (including phenoxy) is 1. The van der Waals surface area contributed by atoms with Crippen LogP contribution in [0.1, 0.15) is 19.4 Å². The second kappa shape index (κ2) is 4.77. The summed E-state index contributed by atoms with van der Waals surface area (Å²) in [6, 6.07) is 7.02. The van der Waals surface area contributed by atoms with E-state index in [4.69, 9.17) is 4.74 Å². The first-order valence-corrected chi connectivity index (χ1v) is 5.44. The van der Waals surface area contributed by atoms with Crippen molar-refractivity contribution in [1.29, 1.82) is 0 Å². The van der Waals surface area contributed by atoms with Gasteiger partial charge in [0.2, 0.25) is 0 Å². The van der Waals surface area contributed by atoms with Gasteiger partial charge in [-0.3, -0.25) is 0 Å². The highest BCUT2D eigenvalue weighted by Crippen LogP contribution is 2.29. The third kappa shape index (κ3) is 2.58. The molecule has 0 amide bonds. The second-order valence-corrected chi connectivity index (χ2v) is 4.13. The summed E-state index contributed by atoms with van der Waals surface area (Å²) in [5.74, 6) is -0.642. The molecular formula is C11H13BrO3. The number of esters is 1. The van der Waals surface area contributed by atoms with Crippen molar-refractivity contribution < 1.29 is 14.6 Å². The molecule has 0 spiro atoms.